The summed E-state index contributed by atoms with van der Waals surface area (Å²) in [6.45, 7) is 1.07. The number of nitrogens with one attached hydrogen (secondary N) is 1. The van der Waals surface area contributed by atoms with Crippen LogP contribution in [0, 0.1) is 11.5 Å². The van der Waals surface area contributed by atoms with E-state index in [0.717, 1.165) is 6.07 Å². The van der Waals surface area contributed by atoms with E-state index in [2.05, 4.69) is 5.32 Å². The van der Waals surface area contributed by atoms with Gasteiger partial charge in [0.1, 0.15) is 11.9 Å². The van der Waals surface area contributed by atoms with Crippen LogP contribution in [-0.2, 0) is 6.18 Å². The lowest BCUT2D eigenvalue weighted by atomic mass is 10.1. The first-order valence-electron chi connectivity index (χ1n) is 6.68. The number of hydrogen-bond donors (Lipinski definition) is 1. The molecule has 0 amide bonds. The molecule has 1 fully saturated rings. The normalized spacial score (nSPS) is 16.0. The highest BCUT2D eigenvalue weighted by atomic mass is 32.1. The Morgan fingerprint density at radius 1 is 1.32 bits per heavy atom. The first-order valence-corrected chi connectivity index (χ1v) is 7.09. The van der Waals surface area contributed by atoms with Crippen LogP contribution < -0.4 is 10.1 Å². The molecule has 1 heterocycles. The highest BCUT2D eigenvalue weighted by molar-refractivity contribution is 7.80. The van der Waals surface area contributed by atoms with Crippen LogP contribution in [0.3, 0.4) is 0 Å². The molecule has 0 spiro atoms. The van der Waals surface area contributed by atoms with E-state index in [1.165, 1.54) is 18.2 Å². The van der Waals surface area contributed by atoms with Gasteiger partial charge < -0.3 is 9.64 Å². The van der Waals surface area contributed by atoms with Gasteiger partial charge in [-0.25, -0.2) is 0 Å². The Labute approximate surface area is 131 Å². The summed E-state index contributed by atoms with van der Waals surface area (Å²) in [5.41, 5.74) is -0.765. The van der Waals surface area contributed by atoms with E-state index in [0.29, 0.717) is 31.0 Å². The molecule has 0 unspecified atom stereocenters. The second kappa shape index (κ2) is 6.83. The number of halogens is 3. The molecule has 1 N–H and O–H groups in total. The summed E-state index contributed by atoms with van der Waals surface area (Å²) in [5.74, 6) is -0.147. The molecule has 8 heteroatoms. The van der Waals surface area contributed by atoms with E-state index in [1.807, 2.05) is 0 Å². The highest BCUT2D eigenvalue weighted by Gasteiger charge is 2.35. The molecule has 4 nitrogen and oxygen atoms in total. The van der Waals surface area contributed by atoms with Crippen molar-refractivity contribution in [2.45, 2.75) is 25.1 Å². The van der Waals surface area contributed by atoms with Gasteiger partial charge in [-0.05, 0) is 24.4 Å². The molecule has 22 heavy (non-hydrogen) atoms. The first-order chi connectivity index (χ1) is 10.4. The molecular formula is C14H14F3N3OS. The maximum Gasteiger partial charge on any atom is 0.419 e. The van der Waals surface area contributed by atoms with E-state index in [9.17, 15) is 13.2 Å². The van der Waals surface area contributed by atoms with Gasteiger partial charge in [-0.3, -0.25) is 5.32 Å². The number of ether oxygens (including phenoxy) is 1. The van der Waals surface area contributed by atoms with Crippen molar-refractivity contribution in [1.29, 1.82) is 5.26 Å². The zero-order chi connectivity index (χ0) is 16.2. The van der Waals surface area contributed by atoms with E-state index in [-0.39, 0.29) is 11.9 Å². The van der Waals surface area contributed by atoms with E-state index in [1.54, 1.807) is 11.1 Å². The van der Waals surface area contributed by atoms with Crippen LogP contribution in [0.5, 0.6) is 5.75 Å². The zero-order valence-corrected chi connectivity index (χ0v) is 12.4. The summed E-state index contributed by atoms with van der Waals surface area (Å²) in [6, 6.07) is 5.20. The highest BCUT2D eigenvalue weighted by Crippen LogP contribution is 2.36. The monoisotopic (exact) mass is 329 g/mol. The maximum atomic E-state index is 12.9. The van der Waals surface area contributed by atoms with Crippen LogP contribution >= 0.6 is 12.2 Å². The van der Waals surface area contributed by atoms with Gasteiger partial charge in [0, 0.05) is 25.9 Å². The summed E-state index contributed by atoms with van der Waals surface area (Å²) in [7, 11) is 0. The Balaban J connectivity index is 1.97. The number of nitrogens with zero attached hydrogens (tertiary/aromatic N) is 2. The van der Waals surface area contributed by atoms with Crippen LogP contribution in [0.25, 0.3) is 0 Å². The molecule has 1 saturated heterocycles. The fraction of sp³-hybridized carbons (Fsp3) is 0.429. The predicted octanol–water partition coefficient (Wildman–Crippen LogP) is 2.90. The SMILES string of the molecule is N#CNC(=S)N1CCC(Oc2ccccc2C(F)(F)F)CC1. The third-order valence-electron chi connectivity index (χ3n) is 3.38. The average molecular weight is 329 g/mol. The summed E-state index contributed by atoms with van der Waals surface area (Å²) < 4.78 is 44.3. The molecule has 0 aromatic heterocycles. The predicted molar refractivity (Wildman–Crippen MR) is 78.0 cm³/mol. The van der Waals surface area contributed by atoms with Crippen molar-refractivity contribution < 1.29 is 17.9 Å². The summed E-state index contributed by atoms with van der Waals surface area (Å²) in [4.78, 5) is 1.80. The Morgan fingerprint density at radius 3 is 2.55 bits per heavy atom. The molecule has 0 aliphatic carbocycles. The second-order valence-electron chi connectivity index (χ2n) is 4.84. The molecule has 0 saturated carbocycles. The third-order valence-corrected chi connectivity index (χ3v) is 3.74. The van der Waals surface area contributed by atoms with Crippen LogP contribution in [-0.4, -0.2) is 29.2 Å². The number of likely N-dealkylation sites (tertiary alicyclic amines) is 1. The lowest BCUT2D eigenvalue weighted by molar-refractivity contribution is -0.139. The third kappa shape index (κ3) is 4.01. The Kier molecular flexibility index (Phi) is 5.08. The van der Waals surface area contributed by atoms with Crippen LogP contribution in [0.2, 0.25) is 0 Å². The summed E-state index contributed by atoms with van der Waals surface area (Å²) in [6.07, 6.45) is -1.90. The fourth-order valence-corrected chi connectivity index (χ4v) is 2.51. The fourth-order valence-electron chi connectivity index (χ4n) is 2.29. The first kappa shape index (κ1) is 16.4. The van der Waals surface area contributed by atoms with Crippen LogP contribution in [0.1, 0.15) is 18.4 Å². The van der Waals surface area contributed by atoms with Gasteiger partial charge in [0.25, 0.3) is 0 Å². The van der Waals surface area contributed by atoms with E-state index < -0.39 is 11.7 Å². The molecular weight excluding hydrogens is 315 g/mol. The Morgan fingerprint density at radius 2 is 1.95 bits per heavy atom. The molecule has 1 aliphatic rings. The molecule has 0 bridgehead atoms. The minimum atomic E-state index is -4.43. The number of rotatable bonds is 2. The quantitative estimate of drug-likeness (QED) is 0.514. The lowest BCUT2D eigenvalue weighted by Crippen LogP contribution is -2.45. The minimum Gasteiger partial charge on any atom is -0.490 e. The number of benzene rings is 1. The van der Waals surface area contributed by atoms with Gasteiger partial charge in [-0.15, -0.1) is 0 Å². The molecule has 1 aliphatic heterocycles. The molecule has 1 aromatic rings. The second-order valence-corrected chi connectivity index (χ2v) is 5.23. The average Bonchev–Trinajstić information content (AvgIpc) is 2.48. The van der Waals surface area contributed by atoms with Crippen molar-refractivity contribution >= 4 is 17.3 Å². The Bertz CT molecular complexity index is 577. The molecule has 1 aromatic carbocycles. The zero-order valence-electron chi connectivity index (χ0n) is 11.6. The van der Waals surface area contributed by atoms with Crippen molar-refractivity contribution in [2.75, 3.05) is 13.1 Å². The molecule has 2 rings (SSSR count). The summed E-state index contributed by atoms with van der Waals surface area (Å²) >= 11 is 5.01. The van der Waals surface area contributed by atoms with E-state index in [4.69, 9.17) is 22.2 Å². The Hall–Kier alpha value is -2.01. The number of thiocarbonyl (C=S) groups is 1. The van der Waals surface area contributed by atoms with Crippen LogP contribution in [0.4, 0.5) is 13.2 Å². The van der Waals surface area contributed by atoms with Crippen molar-refractivity contribution in [1.82, 2.24) is 10.2 Å². The smallest absolute Gasteiger partial charge is 0.419 e. The topological polar surface area (TPSA) is 48.3 Å². The molecule has 0 radical (unpaired) electrons. The van der Waals surface area contributed by atoms with Gasteiger partial charge in [0.05, 0.1) is 5.56 Å². The van der Waals surface area contributed by atoms with Crippen LogP contribution in [0.15, 0.2) is 24.3 Å². The van der Waals surface area contributed by atoms with Crippen molar-refractivity contribution in [3.05, 3.63) is 29.8 Å². The summed E-state index contributed by atoms with van der Waals surface area (Å²) in [5, 5.41) is 11.2. The number of hydrogen-bond acceptors (Lipinski definition) is 3. The van der Waals surface area contributed by atoms with Crippen molar-refractivity contribution in [2.24, 2.45) is 0 Å². The van der Waals surface area contributed by atoms with Gasteiger partial charge in [0.15, 0.2) is 11.3 Å². The standard InChI is InChI=1S/C14H14F3N3OS/c15-14(16,17)11-3-1-2-4-12(11)21-10-5-7-20(8-6-10)13(22)19-9-18/h1-4,10H,5-8H2,(H,19,22). The van der Waals surface area contributed by atoms with Gasteiger partial charge in [-0.2, -0.15) is 18.4 Å². The number of alkyl halides is 3. The van der Waals surface area contributed by atoms with E-state index >= 15 is 0 Å². The molecule has 0 atom stereocenters. The maximum absolute atomic E-state index is 12.9. The lowest BCUT2D eigenvalue weighted by Gasteiger charge is -2.33. The van der Waals surface area contributed by atoms with Gasteiger partial charge >= 0.3 is 6.18 Å². The van der Waals surface area contributed by atoms with Gasteiger partial charge in [-0.1, -0.05) is 12.1 Å². The van der Waals surface area contributed by atoms with Gasteiger partial charge in [0.2, 0.25) is 0 Å². The number of nitriles is 1. The largest absolute Gasteiger partial charge is 0.490 e. The van der Waals surface area contributed by atoms with Crippen molar-refractivity contribution in [3.8, 4) is 11.9 Å². The number of piperidine rings is 1. The minimum absolute atomic E-state index is 0.147. The number of para-hydroxylation sites is 1. The van der Waals surface area contributed by atoms with Crippen molar-refractivity contribution in [3.63, 3.8) is 0 Å². The molecule has 118 valence electrons.